The van der Waals surface area contributed by atoms with Gasteiger partial charge in [-0.3, -0.25) is 0 Å². The minimum Gasteiger partial charge on any atom is -0.389 e. The summed E-state index contributed by atoms with van der Waals surface area (Å²) in [5, 5.41) is 0.868. The number of sulfone groups is 1. The summed E-state index contributed by atoms with van der Waals surface area (Å²) >= 11 is 3.02. The highest BCUT2D eigenvalue weighted by Gasteiger charge is 2.34. The van der Waals surface area contributed by atoms with E-state index < -0.39 is 15.2 Å². The Bertz CT molecular complexity index is 485. The van der Waals surface area contributed by atoms with E-state index in [9.17, 15) is 8.42 Å². The van der Waals surface area contributed by atoms with E-state index in [1.54, 1.807) is 24.9 Å². The molecule has 2 rings (SSSR count). The number of aromatic nitrogens is 1. The average Bonchev–Trinajstić information content (AvgIpc) is 2.76. The Labute approximate surface area is 109 Å². The Kier molecular flexibility index (Phi) is 3.84. The summed E-state index contributed by atoms with van der Waals surface area (Å²) in [6.45, 7) is 2.39. The zero-order chi connectivity index (χ0) is 12.5. The lowest BCUT2D eigenvalue weighted by atomic mass is 10.5. The molecule has 0 radical (unpaired) electrons. The third-order valence-electron chi connectivity index (χ3n) is 2.66. The topological polar surface area (TPSA) is 76.3 Å². The second kappa shape index (κ2) is 5.03. The largest absolute Gasteiger partial charge is 0.389 e. The van der Waals surface area contributed by atoms with Crippen LogP contribution in [0.3, 0.4) is 0 Å². The molecule has 1 saturated heterocycles. The predicted octanol–water partition coefficient (Wildman–Crippen LogP) is 1.04. The number of thioether (sulfide) groups is 1. The van der Waals surface area contributed by atoms with E-state index in [0.29, 0.717) is 22.4 Å². The van der Waals surface area contributed by atoms with Crippen molar-refractivity contribution < 1.29 is 8.42 Å². The van der Waals surface area contributed by atoms with E-state index in [-0.39, 0.29) is 5.75 Å². The SMILES string of the molecule is CCS(=O)(=O)C1CSCCN1c1ncc(N)s1. The van der Waals surface area contributed by atoms with Crippen molar-refractivity contribution in [2.24, 2.45) is 0 Å². The number of hydrogen-bond donors (Lipinski definition) is 1. The van der Waals surface area contributed by atoms with Crippen LogP contribution < -0.4 is 10.6 Å². The monoisotopic (exact) mass is 293 g/mol. The zero-order valence-corrected chi connectivity index (χ0v) is 11.9. The molecule has 2 heterocycles. The first kappa shape index (κ1) is 13.0. The van der Waals surface area contributed by atoms with Crippen LogP contribution in [0, 0.1) is 0 Å². The highest BCUT2D eigenvalue weighted by molar-refractivity contribution is 8.01. The maximum atomic E-state index is 12.0. The Morgan fingerprint density at radius 1 is 1.65 bits per heavy atom. The van der Waals surface area contributed by atoms with Gasteiger partial charge in [0.05, 0.1) is 6.20 Å². The minimum atomic E-state index is -3.08. The van der Waals surface area contributed by atoms with Crippen molar-refractivity contribution >= 4 is 43.1 Å². The molecule has 1 aromatic rings. The fourth-order valence-electron chi connectivity index (χ4n) is 1.70. The van der Waals surface area contributed by atoms with Crippen LogP contribution >= 0.6 is 23.1 Å². The second-order valence-electron chi connectivity index (χ2n) is 3.72. The standard InChI is InChI=1S/C9H15N3O2S3/c1-2-17(13,14)8-6-15-4-3-12(8)9-11-5-7(10)16-9/h5,8H,2-4,6,10H2,1H3. The van der Waals surface area contributed by atoms with Crippen molar-refractivity contribution in [2.75, 3.05) is 34.4 Å². The zero-order valence-electron chi connectivity index (χ0n) is 9.50. The Morgan fingerprint density at radius 3 is 3.00 bits per heavy atom. The Morgan fingerprint density at radius 2 is 2.41 bits per heavy atom. The number of rotatable bonds is 3. The van der Waals surface area contributed by atoms with Crippen LogP contribution in [0.25, 0.3) is 0 Å². The van der Waals surface area contributed by atoms with Gasteiger partial charge in [-0.15, -0.1) is 0 Å². The molecule has 8 heteroatoms. The number of anilines is 2. The first-order valence-electron chi connectivity index (χ1n) is 5.32. The first-order chi connectivity index (χ1) is 8.04. The third kappa shape index (κ3) is 2.69. The van der Waals surface area contributed by atoms with Crippen molar-refractivity contribution in [3.8, 4) is 0 Å². The van der Waals surface area contributed by atoms with E-state index in [2.05, 4.69) is 4.98 Å². The molecular formula is C9H15N3O2S3. The molecule has 5 nitrogen and oxygen atoms in total. The lowest BCUT2D eigenvalue weighted by Crippen LogP contribution is -2.47. The molecule has 1 aromatic heterocycles. The molecule has 1 fully saturated rings. The first-order valence-corrected chi connectivity index (χ1v) is 9.00. The summed E-state index contributed by atoms with van der Waals surface area (Å²) in [6, 6.07) is 0. The van der Waals surface area contributed by atoms with Gasteiger partial charge in [0.25, 0.3) is 0 Å². The molecule has 0 spiro atoms. The lowest BCUT2D eigenvalue weighted by molar-refractivity contribution is 0.579. The van der Waals surface area contributed by atoms with Crippen LogP contribution in [0.15, 0.2) is 6.20 Å². The molecule has 0 bridgehead atoms. The van der Waals surface area contributed by atoms with Crippen LogP contribution in [0.4, 0.5) is 10.1 Å². The van der Waals surface area contributed by atoms with Gasteiger partial charge < -0.3 is 10.6 Å². The summed E-state index contributed by atoms with van der Waals surface area (Å²) in [4.78, 5) is 6.05. The molecule has 96 valence electrons. The predicted molar refractivity (Wildman–Crippen MR) is 74.4 cm³/mol. The summed E-state index contributed by atoms with van der Waals surface area (Å²) in [7, 11) is -3.08. The van der Waals surface area contributed by atoms with Gasteiger partial charge in [0.15, 0.2) is 15.0 Å². The molecule has 1 atom stereocenters. The average molecular weight is 293 g/mol. The maximum absolute atomic E-state index is 12.0. The van der Waals surface area contributed by atoms with Gasteiger partial charge in [-0.2, -0.15) is 11.8 Å². The van der Waals surface area contributed by atoms with E-state index in [1.807, 2.05) is 4.90 Å². The van der Waals surface area contributed by atoms with Gasteiger partial charge >= 0.3 is 0 Å². The number of nitrogen functional groups attached to an aromatic ring is 1. The molecule has 0 aromatic carbocycles. The van der Waals surface area contributed by atoms with Gasteiger partial charge in [0.1, 0.15) is 10.4 Å². The van der Waals surface area contributed by atoms with Gasteiger partial charge in [0.2, 0.25) is 0 Å². The van der Waals surface area contributed by atoms with Gasteiger partial charge in [-0.25, -0.2) is 13.4 Å². The smallest absolute Gasteiger partial charge is 0.188 e. The third-order valence-corrected chi connectivity index (χ3v) is 6.81. The fraction of sp³-hybridized carbons (Fsp3) is 0.667. The second-order valence-corrected chi connectivity index (χ2v) is 8.36. The molecule has 1 unspecified atom stereocenters. The summed E-state index contributed by atoms with van der Waals surface area (Å²) in [5.74, 6) is 1.69. The maximum Gasteiger partial charge on any atom is 0.188 e. The molecular weight excluding hydrogens is 278 g/mol. The molecule has 2 N–H and O–H groups in total. The molecule has 1 aliphatic rings. The molecule has 1 aliphatic heterocycles. The number of hydrogen-bond acceptors (Lipinski definition) is 7. The van der Waals surface area contributed by atoms with Crippen LogP contribution in [0.1, 0.15) is 6.92 Å². The minimum absolute atomic E-state index is 0.162. The van der Waals surface area contributed by atoms with Crippen LogP contribution in [0.5, 0.6) is 0 Å². The van der Waals surface area contributed by atoms with Gasteiger partial charge in [-0.1, -0.05) is 18.3 Å². The number of thiazole rings is 1. The number of nitrogens with two attached hydrogens (primary N) is 1. The van der Waals surface area contributed by atoms with Crippen molar-refractivity contribution in [1.29, 1.82) is 0 Å². The van der Waals surface area contributed by atoms with Gasteiger partial charge in [-0.05, 0) is 0 Å². The Hall–Kier alpha value is -0.470. The lowest BCUT2D eigenvalue weighted by Gasteiger charge is -2.34. The fourth-order valence-corrected chi connectivity index (χ4v) is 5.49. The van der Waals surface area contributed by atoms with E-state index in [1.165, 1.54) is 11.3 Å². The van der Waals surface area contributed by atoms with E-state index in [0.717, 1.165) is 5.75 Å². The normalized spacial score (nSPS) is 21.7. The summed E-state index contributed by atoms with van der Waals surface area (Å²) in [6.07, 6.45) is 1.58. The van der Waals surface area contributed by atoms with E-state index in [4.69, 9.17) is 5.73 Å². The molecule has 0 amide bonds. The van der Waals surface area contributed by atoms with Crippen LogP contribution in [0.2, 0.25) is 0 Å². The van der Waals surface area contributed by atoms with Crippen LogP contribution in [-0.4, -0.2) is 42.6 Å². The van der Waals surface area contributed by atoms with Crippen molar-refractivity contribution in [1.82, 2.24) is 4.98 Å². The summed E-state index contributed by atoms with van der Waals surface area (Å²) in [5.41, 5.74) is 5.65. The highest BCUT2D eigenvalue weighted by Crippen LogP contribution is 2.31. The number of nitrogens with zero attached hydrogens (tertiary/aromatic N) is 2. The van der Waals surface area contributed by atoms with Crippen molar-refractivity contribution in [3.63, 3.8) is 0 Å². The Balaban J connectivity index is 2.30. The molecule has 0 saturated carbocycles. The highest BCUT2D eigenvalue weighted by atomic mass is 32.2. The van der Waals surface area contributed by atoms with Gasteiger partial charge in [0, 0.05) is 23.8 Å². The molecule has 17 heavy (non-hydrogen) atoms. The van der Waals surface area contributed by atoms with Crippen LogP contribution in [-0.2, 0) is 9.84 Å². The van der Waals surface area contributed by atoms with Crippen molar-refractivity contribution in [3.05, 3.63) is 6.20 Å². The molecule has 0 aliphatic carbocycles. The van der Waals surface area contributed by atoms with Crippen molar-refractivity contribution in [2.45, 2.75) is 12.3 Å². The summed E-state index contributed by atoms with van der Waals surface area (Å²) < 4.78 is 24.1. The van der Waals surface area contributed by atoms with E-state index >= 15 is 0 Å². The quantitative estimate of drug-likeness (QED) is 0.897.